The second kappa shape index (κ2) is 8.87. The molecule has 4 nitrogen and oxygen atoms in total. The van der Waals surface area contributed by atoms with Gasteiger partial charge in [0.1, 0.15) is 5.75 Å². The van der Waals surface area contributed by atoms with Gasteiger partial charge in [-0.25, -0.2) is 0 Å². The molecule has 0 saturated carbocycles. The van der Waals surface area contributed by atoms with Crippen LogP contribution in [0, 0.1) is 0 Å². The van der Waals surface area contributed by atoms with Gasteiger partial charge in [-0.2, -0.15) is 11.8 Å². The number of nitrogens with one attached hydrogen (secondary N) is 1. The zero-order valence-corrected chi connectivity index (χ0v) is 13.3. The highest BCUT2D eigenvalue weighted by Crippen LogP contribution is 2.27. The van der Waals surface area contributed by atoms with Crippen LogP contribution in [0.5, 0.6) is 5.75 Å². The van der Waals surface area contributed by atoms with Gasteiger partial charge in [-0.05, 0) is 24.7 Å². The van der Waals surface area contributed by atoms with Crippen molar-refractivity contribution >= 4 is 17.7 Å². The average molecular weight is 297 g/mol. The van der Waals surface area contributed by atoms with Crippen LogP contribution < -0.4 is 10.1 Å². The Bertz CT molecular complexity index is 408. The highest BCUT2D eigenvalue weighted by molar-refractivity contribution is 7.99. The van der Waals surface area contributed by atoms with Gasteiger partial charge in [0.2, 0.25) is 0 Å². The molecule has 112 valence electrons. The van der Waals surface area contributed by atoms with Crippen molar-refractivity contribution in [2.24, 2.45) is 0 Å². The molecule has 0 aliphatic rings. The number of thioether (sulfide) groups is 1. The molecule has 0 radical (unpaired) electrons. The molecule has 0 heterocycles. The molecule has 0 saturated heterocycles. The summed E-state index contributed by atoms with van der Waals surface area (Å²) in [6.07, 6.45) is 0.449. The average Bonchev–Trinajstić information content (AvgIpc) is 2.48. The van der Waals surface area contributed by atoms with Crippen molar-refractivity contribution < 1.29 is 14.3 Å². The second-order valence-electron chi connectivity index (χ2n) is 4.44. The minimum Gasteiger partial charge on any atom is -0.497 e. The lowest BCUT2D eigenvalue weighted by Gasteiger charge is -2.23. The number of esters is 1. The number of carbonyl (C=O) groups is 1. The summed E-state index contributed by atoms with van der Waals surface area (Å²) in [4.78, 5) is 11.1. The zero-order valence-electron chi connectivity index (χ0n) is 12.5. The lowest BCUT2D eigenvalue weighted by atomic mass is 10.0. The fraction of sp³-hybridized carbons (Fsp3) is 0.533. The molecule has 0 fully saturated rings. The predicted molar refractivity (Wildman–Crippen MR) is 83.3 cm³/mol. The van der Waals surface area contributed by atoms with Gasteiger partial charge in [0.25, 0.3) is 0 Å². The molecule has 1 aromatic carbocycles. The molecule has 0 spiro atoms. The monoisotopic (exact) mass is 297 g/mol. The lowest BCUT2D eigenvalue weighted by Crippen LogP contribution is -2.25. The van der Waals surface area contributed by atoms with Gasteiger partial charge in [-0.15, -0.1) is 0 Å². The van der Waals surface area contributed by atoms with Gasteiger partial charge in [-0.1, -0.05) is 19.1 Å². The maximum atomic E-state index is 11.1. The zero-order chi connectivity index (χ0) is 15.0. The van der Waals surface area contributed by atoms with Gasteiger partial charge in [0.15, 0.2) is 0 Å². The van der Waals surface area contributed by atoms with Crippen LogP contribution in [0.4, 0.5) is 0 Å². The van der Waals surface area contributed by atoms with Crippen LogP contribution in [0.1, 0.15) is 24.9 Å². The van der Waals surface area contributed by atoms with Gasteiger partial charge in [-0.3, -0.25) is 4.79 Å². The summed E-state index contributed by atoms with van der Waals surface area (Å²) in [7, 11) is 5.03. The van der Waals surface area contributed by atoms with E-state index in [2.05, 4.69) is 29.1 Å². The summed E-state index contributed by atoms with van der Waals surface area (Å²) in [6.45, 7) is 2.16. The van der Waals surface area contributed by atoms with Crippen molar-refractivity contribution in [3.05, 3.63) is 29.8 Å². The molecular weight excluding hydrogens is 274 g/mol. The number of hydrogen-bond acceptors (Lipinski definition) is 5. The van der Waals surface area contributed by atoms with Crippen LogP contribution in [0.3, 0.4) is 0 Å². The van der Waals surface area contributed by atoms with E-state index >= 15 is 0 Å². The molecular formula is C15H23NO3S. The third-order valence-electron chi connectivity index (χ3n) is 3.17. The summed E-state index contributed by atoms with van der Waals surface area (Å²) in [5.74, 6) is 1.46. The first-order valence-electron chi connectivity index (χ1n) is 6.62. The van der Waals surface area contributed by atoms with Crippen LogP contribution in [0.2, 0.25) is 0 Å². The van der Waals surface area contributed by atoms with Crippen LogP contribution in [-0.2, 0) is 9.53 Å². The van der Waals surface area contributed by atoms with E-state index in [-0.39, 0.29) is 12.0 Å². The standard InChI is InChI=1S/C15H23NO3S/c1-11(20-10-9-14(17)19-4)15(16-2)12-5-7-13(18-3)8-6-12/h5-8,11,15-16H,9-10H2,1-4H3. The summed E-state index contributed by atoms with van der Waals surface area (Å²) in [5, 5.41) is 3.69. The van der Waals surface area contributed by atoms with Crippen LogP contribution in [0.15, 0.2) is 24.3 Å². The third kappa shape index (κ3) is 5.06. The van der Waals surface area contributed by atoms with E-state index in [1.807, 2.05) is 19.2 Å². The van der Waals surface area contributed by atoms with Crippen molar-refractivity contribution in [2.45, 2.75) is 24.6 Å². The van der Waals surface area contributed by atoms with Crippen LogP contribution in [-0.4, -0.2) is 38.2 Å². The Morgan fingerprint density at radius 3 is 2.45 bits per heavy atom. The number of methoxy groups -OCH3 is 2. The predicted octanol–water partition coefficient (Wildman–Crippen LogP) is 2.64. The molecule has 0 amide bonds. The summed E-state index contributed by atoms with van der Waals surface area (Å²) < 4.78 is 9.82. The van der Waals surface area contributed by atoms with Gasteiger partial charge < -0.3 is 14.8 Å². The fourth-order valence-electron chi connectivity index (χ4n) is 2.01. The molecule has 1 N–H and O–H groups in total. The smallest absolute Gasteiger partial charge is 0.306 e. The molecule has 2 unspecified atom stereocenters. The number of hydrogen-bond donors (Lipinski definition) is 1. The first-order chi connectivity index (χ1) is 9.62. The van der Waals surface area contributed by atoms with E-state index in [4.69, 9.17) is 4.74 Å². The quantitative estimate of drug-likeness (QED) is 0.748. The third-order valence-corrected chi connectivity index (χ3v) is 4.41. The lowest BCUT2D eigenvalue weighted by molar-refractivity contribution is -0.140. The Balaban J connectivity index is 2.57. The van der Waals surface area contributed by atoms with E-state index in [0.717, 1.165) is 11.5 Å². The maximum absolute atomic E-state index is 11.1. The topological polar surface area (TPSA) is 47.6 Å². The number of rotatable bonds is 8. The molecule has 1 aromatic rings. The number of ether oxygens (including phenoxy) is 2. The summed E-state index contributed by atoms with van der Waals surface area (Å²) in [5.41, 5.74) is 1.21. The largest absolute Gasteiger partial charge is 0.497 e. The summed E-state index contributed by atoms with van der Waals surface area (Å²) in [6, 6.07) is 8.30. The number of benzene rings is 1. The van der Waals surface area contributed by atoms with Crippen LogP contribution in [0.25, 0.3) is 0 Å². The van der Waals surface area contributed by atoms with Crippen molar-refractivity contribution in [2.75, 3.05) is 27.0 Å². The normalized spacial score (nSPS) is 13.6. The van der Waals surface area contributed by atoms with E-state index in [0.29, 0.717) is 11.7 Å². The summed E-state index contributed by atoms with van der Waals surface area (Å²) >= 11 is 1.76. The van der Waals surface area contributed by atoms with Gasteiger partial charge in [0.05, 0.1) is 20.6 Å². The van der Waals surface area contributed by atoms with Crippen LogP contribution >= 0.6 is 11.8 Å². The van der Waals surface area contributed by atoms with E-state index < -0.39 is 0 Å². The first-order valence-corrected chi connectivity index (χ1v) is 7.66. The maximum Gasteiger partial charge on any atom is 0.306 e. The molecule has 5 heteroatoms. The molecule has 1 rings (SSSR count). The first kappa shape index (κ1) is 16.9. The molecule has 0 aromatic heterocycles. The SMILES string of the molecule is CNC(c1ccc(OC)cc1)C(C)SCCC(=O)OC. The van der Waals surface area contributed by atoms with E-state index in [1.165, 1.54) is 12.7 Å². The minimum absolute atomic E-state index is 0.157. The van der Waals surface area contributed by atoms with Crippen molar-refractivity contribution in [3.63, 3.8) is 0 Å². The van der Waals surface area contributed by atoms with Crippen molar-refractivity contribution in [1.29, 1.82) is 0 Å². The second-order valence-corrected chi connectivity index (χ2v) is 5.93. The minimum atomic E-state index is -0.157. The Morgan fingerprint density at radius 2 is 1.95 bits per heavy atom. The highest BCUT2D eigenvalue weighted by atomic mass is 32.2. The Morgan fingerprint density at radius 1 is 1.30 bits per heavy atom. The fourth-order valence-corrected chi connectivity index (χ4v) is 3.15. The highest BCUT2D eigenvalue weighted by Gasteiger charge is 2.18. The Kier molecular flexibility index (Phi) is 7.47. The molecule has 0 aliphatic carbocycles. The van der Waals surface area contributed by atoms with Crippen molar-refractivity contribution in [1.82, 2.24) is 5.32 Å². The number of carbonyl (C=O) groups excluding carboxylic acids is 1. The molecule has 20 heavy (non-hydrogen) atoms. The van der Waals surface area contributed by atoms with Gasteiger partial charge in [0, 0.05) is 17.0 Å². The Labute approximate surface area is 125 Å². The molecule has 2 atom stereocenters. The molecule has 0 aliphatic heterocycles. The van der Waals surface area contributed by atoms with E-state index in [9.17, 15) is 4.79 Å². The van der Waals surface area contributed by atoms with E-state index in [1.54, 1.807) is 18.9 Å². The Hall–Kier alpha value is -1.20. The van der Waals surface area contributed by atoms with Gasteiger partial charge >= 0.3 is 5.97 Å². The molecule has 0 bridgehead atoms. The van der Waals surface area contributed by atoms with Crippen molar-refractivity contribution in [3.8, 4) is 5.75 Å².